The van der Waals surface area contributed by atoms with E-state index in [2.05, 4.69) is 0 Å². The fourth-order valence-corrected chi connectivity index (χ4v) is 2.25. The van der Waals surface area contributed by atoms with E-state index < -0.39 is 0 Å². The van der Waals surface area contributed by atoms with Crippen molar-refractivity contribution in [1.82, 2.24) is 4.90 Å². The average Bonchev–Trinajstić information content (AvgIpc) is 3.20. The van der Waals surface area contributed by atoms with Crippen LogP contribution in [0.15, 0.2) is 47.1 Å². The zero-order valence-electron chi connectivity index (χ0n) is 12.3. The molecule has 5 heteroatoms. The number of hydrogen-bond donors (Lipinski definition) is 0. The standard InChI is InChI=1S/C17H17NO4/c1-2-18(17(19)8-6-14-4-3-9-20-14)11-13-5-7-15-16(10-13)22-12-21-15/h3-10H,2,11-12H2,1H3. The summed E-state index contributed by atoms with van der Waals surface area (Å²) in [6.45, 7) is 3.34. The molecule has 3 rings (SSSR count). The molecule has 0 unspecified atom stereocenters. The van der Waals surface area contributed by atoms with Crippen LogP contribution in [0.4, 0.5) is 0 Å². The molecule has 1 aliphatic heterocycles. The molecule has 0 N–H and O–H groups in total. The van der Waals surface area contributed by atoms with E-state index in [9.17, 15) is 4.79 Å². The topological polar surface area (TPSA) is 51.9 Å². The number of carbonyl (C=O) groups excluding carboxylic acids is 1. The maximum Gasteiger partial charge on any atom is 0.246 e. The molecule has 0 saturated carbocycles. The number of ether oxygens (including phenoxy) is 2. The summed E-state index contributed by atoms with van der Waals surface area (Å²) in [7, 11) is 0. The van der Waals surface area contributed by atoms with Crippen molar-refractivity contribution in [2.75, 3.05) is 13.3 Å². The molecule has 0 radical (unpaired) electrons. The summed E-state index contributed by atoms with van der Waals surface area (Å²) in [5, 5.41) is 0. The van der Waals surface area contributed by atoms with Crippen LogP contribution in [0.5, 0.6) is 11.5 Å². The number of likely N-dealkylation sites (N-methyl/N-ethyl adjacent to an activating group) is 1. The van der Waals surface area contributed by atoms with Gasteiger partial charge in [0.1, 0.15) is 5.76 Å². The van der Waals surface area contributed by atoms with Gasteiger partial charge in [-0.25, -0.2) is 0 Å². The molecule has 0 atom stereocenters. The second-order valence-corrected chi connectivity index (χ2v) is 4.89. The minimum atomic E-state index is -0.0587. The fourth-order valence-electron chi connectivity index (χ4n) is 2.25. The van der Waals surface area contributed by atoms with E-state index in [0.29, 0.717) is 18.8 Å². The smallest absolute Gasteiger partial charge is 0.246 e. The summed E-state index contributed by atoms with van der Waals surface area (Å²) in [5.41, 5.74) is 1.01. The van der Waals surface area contributed by atoms with E-state index in [1.54, 1.807) is 29.4 Å². The fraction of sp³-hybridized carbons (Fsp3) is 0.235. The zero-order valence-corrected chi connectivity index (χ0v) is 12.3. The molecule has 22 heavy (non-hydrogen) atoms. The first-order valence-electron chi connectivity index (χ1n) is 7.15. The Balaban J connectivity index is 1.67. The van der Waals surface area contributed by atoms with Gasteiger partial charge in [-0.15, -0.1) is 0 Å². The Kier molecular flexibility index (Phi) is 4.14. The molecule has 114 valence electrons. The Labute approximate surface area is 128 Å². The van der Waals surface area contributed by atoms with E-state index in [1.807, 2.05) is 25.1 Å². The molecule has 5 nitrogen and oxygen atoms in total. The normalized spacial score (nSPS) is 12.8. The molecule has 1 aliphatic rings. The van der Waals surface area contributed by atoms with Crippen LogP contribution in [-0.4, -0.2) is 24.1 Å². The summed E-state index contributed by atoms with van der Waals surface area (Å²) >= 11 is 0. The van der Waals surface area contributed by atoms with Gasteiger partial charge >= 0.3 is 0 Å². The van der Waals surface area contributed by atoms with E-state index in [-0.39, 0.29) is 12.7 Å². The SMILES string of the molecule is CCN(Cc1ccc2c(c1)OCO2)C(=O)C=Cc1ccco1. The highest BCUT2D eigenvalue weighted by atomic mass is 16.7. The monoisotopic (exact) mass is 299 g/mol. The van der Waals surface area contributed by atoms with Crippen LogP contribution in [-0.2, 0) is 11.3 Å². The van der Waals surface area contributed by atoms with Gasteiger partial charge in [-0.1, -0.05) is 6.07 Å². The molecule has 1 aromatic heterocycles. The van der Waals surface area contributed by atoms with Crippen LogP contribution in [0, 0.1) is 0 Å². The predicted molar refractivity (Wildman–Crippen MR) is 81.4 cm³/mol. The molecule has 0 saturated heterocycles. The van der Waals surface area contributed by atoms with Crippen molar-refractivity contribution >= 4 is 12.0 Å². The number of carbonyl (C=O) groups is 1. The number of furan rings is 1. The lowest BCUT2D eigenvalue weighted by Crippen LogP contribution is -2.28. The molecular weight excluding hydrogens is 282 g/mol. The van der Waals surface area contributed by atoms with Crippen molar-refractivity contribution in [3.63, 3.8) is 0 Å². The van der Waals surface area contributed by atoms with Gasteiger partial charge in [0, 0.05) is 19.2 Å². The van der Waals surface area contributed by atoms with Gasteiger partial charge in [0.05, 0.1) is 6.26 Å². The maximum atomic E-state index is 12.2. The first kappa shape index (κ1) is 14.3. The lowest BCUT2D eigenvalue weighted by molar-refractivity contribution is -0.126. The Morgan fingerprint density at radius 1 is 1.27 bits per heavy atom. The van der Waals surface area contributed by atoms with Crippen LogP contribution in [0.2, 0.25) is 0 Å². The van der Waals surface area contributed by atoms with E-state index in [4.69, 9.17) is 13.9 Å². The van der Waals surface area contributed by atoms with Crippen LogP contribution < -0.4 is 9.47 Å². The molecule has 0 spiro atoms. The molecular formula is C17H17NO4. The second kappa shape index (κ2) is 6.39. The highest BCUT2D eigenvalue weighted by Gasteiger charge is 2.15. The van der Waals surface area contributed by atoms with E-state index in [0.717, 1.165) is 17.1 Å². The highest BCUT2D eigenvalue weighted by molar-refractivity contribution is 5.91. The third-order valence-electron chi connectivity index (χ3n) is 3.44. The van der Waals surface area contributed by atoms with Crippen molar-refractivity contribution in [1.29, 1.82) is 0 Å². The van der Waals surface area contributed by atoms with Gasteiger partial charge in [-0.3, -0.25) is 4.79 Å². The molecule has 0 aliphatic carbocycles. The number of nitrogens with zero attached hydrogens (tertiary/aromatic N) is 1. The zero-order chi connectivity index (χ0) is 15.4. The van der Waals surface area contributed by atoms with Crippen LogP contribution in [0.1, 0.15) is 18.2 Å². The van der Waals surface area contributed by atoms with Crippen molar-refractivity contribution in [2.45, 2.75) is 13.5 Å². The van der Waals surface area contributed by atoms with Crippen LogP contribution in [0.3, 0.4) is 0 Å². The third kappa shape index (κ3) is 3.14. The number of amides is 1. The van der Waals surface area contributed by atoms with Gasteiger partial charge in [0.25, 0.3) is 0 Å². The summed E-state index contributed by atoms with van der Waals surface area (Å²) in [4.78, 5) is 14.0. The number of fused-ring (bicyclic) bond motifs is 1. The van der Waals surface area contributed by atoms with Crippen molar-refractivity contribution < 1.29 is 18.7 Å². The van der Waals surface area contributed by atoms with Gasteiger partial charge in [-0.2, -0.15) is 0 Å². The first-order chi connectivity index (χ1) is 10.8. The molecule has 2 aromatic rings. The molecule has 1 aromatic carbocycles. The van der Waals surface area contributed by atoms with Gasteiger partial charge in [0.15, 0.2) is 11.5 Å². The first-order valence-corrected chi connectivity index (χ1v) is 7.15. The summed E-state index contributed by atoms with van der Waals surface area (Å²) in [5.74, 6) is 2.08. The van der Waals surface area contributed by atoms with Crippen molar-refractivity contribution in [3.05, 3.63) is 54.0 Å². The summed E-state index contributed by atoms with van der Waals surface area (Å²) in [6, 6.07) is 9.31. The second-order valence-electron chi connectivity index (χ2n) is 4.89. The summed E-state index contributed by atoms with van der Waals surface area (Å²) < 4.78 is 15.8. The number of hydrogen-bond acceptors (Lipinski definition) is 4. The molecule has 0 fully saturated rings. The molecule has 1 amide bonds. The summed E-state index contributed by atoms with van der Waals surface area (Å²) in [6.07, 6.45) is 4.77. The molecule has 2 heterocycles. The van der Waals surface area contributed by atoms with Crippen molar-refractivity contribution in [3.8, 4) is 11.5 Å². The van der Waals surface area contributed by atoms with Gasteiger partial charge < -0.3 is 18.8 Å². The maximum absolute atomic E-state index is 12.2. The largest absolute Gasteiger partial charge is 0.465 e. The minimum absolute atomic E-state index is 0.0587. The van der Waals surface area contributed by atoms with Crippen LogP contribution in [0.25, 0.3) is 6.08 Å². The Hall–Kier alpha value is -2.69. The van der Waals surface area contributed by atoms with E-state index >= 15 is 0 Å². The van der Waals surface area contributed by atoms with Gasteiger partial charge in [-0.05, 0) is 42.8 Å². The third-order valence-corrected chi connectivity index (χ3v) is 3.44. The predicted octanol–water partition coefficient (Wildman–Crippen LogP) is 3.07. The Morgan fingerprint density at radius 3 is 2.91 bits per heavy atom. The van der Waals surface area contributed by atoms with Crippen LogP contribution >= 0.6 is 0 Å². The van der Waals surface area contributed by atoms with Crippen molar-refractivity contribution in [2.24, 2.45) is 0 Å². The minimum Gasteiger partial charge on any atom is -0.465 e. The highest BCUT2D eigenvalue weighted by Crippen LogP contribution is 2.32. The lowest BCUT2D eigenvalue weighted by Gasteiger charge is -2.19. The quantitative estimate of drug-likeness (QED) is 0.796. The number of rotatable bonds is 5. The van der Waals surface area contributed by atoms with E-state index in [1.165, 1.54) is 6.08 Å². The molecule has 0 bridgehead atoms. The Bertz CT molecular complexity index is 676. The Morgan fingerprint density at radius 2 is 2.14 bits per heavy atom. The average molecular weight is 299 g/mol. The van der Waals surface area contributed by atoms with Gasteiger partial charge in [0.2, 0.25) is 12.7 Å². The lowest BCUT2D eigenvalue weighted by atomic mass is 10.2. The number of benzene rings is 1.